The molecule has 0 spiro atoms. The Morgan fingerprint density at radius 3 is 2.53 bits per heavy atom. The molecule has 3 aliphatic carbocycles. The van der Waals surface area contributed by atoms with Crippen LogP contribution in [0.15, 0.2) is 47.6 Å². The van der Waals surface area contributed by atoms with E-state index in [2.05, 4.69) is 53.0 Å². The minimum absolute atomic E-state index is 0.0362. The van der Waals surface area contributed by atoms with Crippen LogP contribution < -0.4 is 0 Å². The Morgan fingerprint density at radius 1 is 1.11 bits per heavy atom. The van der Waals surface area contributed by atoms with Crippen LogP contribution in [0, 0.1) is 40.9 Å². The zero-order valence-corrected chi connectivity index (χ0v) is 23.1. The van der Waals surface area contributed by atoms with Crippen molar-refractivity contribution in [2.24, 2.45) is 40.9 Å². The summed E-state index contributed by atoms with van der Waals surface area (Å²) in [7, 11) is 0. The first-order valence-corrected chi connectivity index (χ1v) is 14.3. The third kappa shape index (κ3) is 5.05. The number of carbonyl (C=O) groups is 1. The number of rotatable bonds is 6. The summed E-state index contributed by atoms with van der Waals surface area (Å²) in [6.45, 7) is 19.3. The second kappa shape index (κ2) is 10.6. The lowest BCUT2D eigenvalue weighted by Gasteiger charge is -2.45. The van der Waals surface area contributed by atoms with Gasteiger partial charge in [0.25, 0.3) is 0 Å². The average molecular weight is 497 g/mol. The SMILES string of the molecule is C=C1/C(=C\C=C2/CCC[C@]3(C)[C@@H]([C@H](C)C[C@@H]4OC(=O)C(=C)[C@@H]4CC(C)C)CC[C@@H]23)C[C@@H](O)[C@H](C)[C@@H]1O. The molecule has 4 aliphatic rings. The molecule has 4 heteroatoms. The normalized spacial score (nSPS) is 42.3. The summed E-state index contributed by atoms with van der Waals surface area (Å²) in [6.07, 6.45) is 11.6. The van der Waals surface area contributed by atoms with Crippen LogP contribution >= 0.6 is 0 Å². The molecule has 0 amide bonds. The van der Waals surface area contributed by atoms with E-state index in [1.807, 2.05) is 6.92 Å². The molecule has 4 rings (SSSR count). The number of aliphatic hydroxyl groups is 2. The van der Waals surface area contributed by atoms with Crippen LogP contribution in [0.25, 0.3) is 0 Å². The molecule has 0 aromatic heterocycles. The largest absolute Gasteiger partial charge is 0.458 e. The molecule has 0 aromatic rings. The topological polar surface area (TPSA) is 66.8 Å². The van der Waals surface area contributed by atoms with Crippen LogP contribution in [0.2, 0.25) is 0 Å². The van der Waals surface area contributed by atoms with E-state index < -0.39 is 12.2 Å². The standard InChI is InChI=1S/C32H48O4/c1-18(2)15-25-21(5)31(35)36-29(25)16-19(3)26-12-13-27-23(9-8-14-32(26,27)7)10-11-24-17-28(33)22(6)30(34)20(24)4/h10-11,18-19,22,25-30,33-34H,4-5,8-9,12-17H2,1-3,6-7H3/b23-10+,24-11-/t19-,22+,25+,26-,27+,28-,29+,30-,32-/m1/s1. The van der Waals surface area contributed by atoms with Gasteiger partial charge in [0.2, 0.25) is 0 Å². The van der Waals surface area contributed by atoms with E-state index in [0.717, 1.165) is 30.4 Å². The van der Waals surface area contributed by atoms with Crippen molar-refractivity contribution in [1.29, 1.82) is 0 Å². The fourth-order valence-corrected chi connectivity index (χ4v) is 8.07. The highest BCUT2D eigenvalue weighted by atomic mass is 16.6. The number of aliphatic hydroxyl groups excluding tert-OH is 2. The summed E-state index contributed by atoms with van der Waals surface area (Å²) >= 11 is 0. The van der Waals surface area contributed by atoms with Crippen LogP contribution in [-0.2, 0) is 9.53 Å². The Bertz CT molecular complexity index is 942. The molecule has 0 aromatic carbocycles. The highest BCUT2D eigenvalue weighted by Crippen LogP contribution is 2.60. The summed E-state index contributed by atoms with van der Waals surface area (Å²) in [5.41, 5.74) is 4.17. The van der Waals surface area contributed by atoms with Gasteiger partial charge in [0.05, 0.1) is 12.2 Å². The average Bonchev–Trinajstić information content (AvgIpc) is 3.30. The van der Waals surface area contributed by atoms with Crippen molar-refractivity contribution < 1.29 is 19.7 Å². The van der Waals surface area contributed by atoms with Crippen LogP contribution in [-0.4, -0.2) is 34.5 Å². The van der Waals surface area contributed by atoms with Crippen molar-refractivity contribution >= 4 is 5.97 Å². The molecule has 2 N–H and O–H groups in total. The van der Waals surface area contributed by atoms with E-state index in [9.17, 15) is 15.0 Å². The molecule has 0 bridgehead atoms. The number of allylic oxidation sites excluding steroid dienone is 3. The first kappa shape index (κ1) is 27.4. The molecule has 4 fully saturated rings. The van der Waals surface area contributed by atoms with Crippen molar-refractivity contribution in [3.8, 4) is 0 Å². The highest BCUT2D eigenvalue weighted by Gasteiger charge is 2.51. The Morgan fingerprint density at radius 2 is 1.83 bits per heavy atom. The fourth-order valence-electron chi connectivity index (χ4n) is 8.07. The summed E-state index contributed by atoms with van der Waals surface area (Å²) in [6, 6.07) is 0. The van der Waals surface area contributed by atoms with Crippen LogP contribution in [0.3, 0.4) is 0 Å². The minimum atomic E-state index is -0.674. The van der Waals surface area contributed by atoms with Gasteiger partial charge in [0.15, 0.2) is 0 Å². The lowest BCUT2D eigenvalue weighted by molar-refractivity contribution is -0.140. The number of esters is 1. The molecule has 1 aliphatic heterocycles. The number of cyclic esters (lactones) is 1. The Hall–Kier alpha value is -1.65. The molecule has 4 nitrogen and oxygen atoms in total. The first-order valence-electron chi connectivity index (χ1n) is 14.3. The molecule has 0 unspecified atom stereocenters. The molecular weight excluding hydrogens is 448 g/mol. The van der Waals surface area contributed by atoms with Gasteiger partial charge >= 0.3 is 5.97 Å². The maximum atomic E-state index is 12.3. The van der Waals surface area contributed by atoms with Crippen molar-refractivity contribution in [1.82, 2.24) is 0 Å². The van der Waals surface area contributed by atoms with Gasteiger partial charge in [-0.25, -0.2) is 4.79 Å². The molecule has 3 saturated carbocycles. The van der Waals surface area contributed by atoms with Gasteiger partial charge in [-0.3, -0.25) is 0 Å². The quantitative estimate of drug-likeness (QED) is 0.323. The summed E-state index contributed by atoms with van der Waals surface area (Å²) < 4.78 is 5.84. The van der Waals surface area contributed by atoms with Gasteiger partial charge < -0.3 is 14.9 Å². The second-order valence-corrected chi connectivity index (χ2v) is 13.0. The molecular formula is C32H48O4. The first-order chi connectivity index (χ1) is 16.9. The van der Waals surface area contributed by atoms with Gasteiger partial charge in [-0.2, -0.15) is 0 Å². The van der Waals surface area contributed by atoms with E-state index in [1.54, 1.807) is 0 Å². The van der Waals surface area contributed by atoms with E-state index in [1.165, 1.54) is 31.3 Å². The Kier molecular flexibility index (Phi) is 8.07. The lowest BCUT2D eigenvalue weighted by Crippen LogP contribution is -2.37. The third-order valence-corrected chi connectivity index (χ3v) is 10.3. The number of ether oxygens (including phenoxy) is 1. The van der Waals surface area contributed by atoms with Crippen LogP contribution in [0.1, 0.15) is 86.0 Å². The van der Waals surface area contributed by atoms with E-state index in [-0.39, 0.29) is 29.3 Å². The monoisotopic (exact) mass is 496 g/mol. The van der Waals surface area contributed by atoms with Crippen molar-refractivity contribution in [3.05, 3.63) is 47.6 Å². The molecule has 1 heterocycles. The van der Waals surface area contributed by atoms with Gasteiger partial charge in [-0.05, 0) is 91.6 Å². The van der Waals surface area contributed by atoms with Gasteiger partial charge in [-0.15, -0.1) is 0 Å². The predicted molar refractivity (Wildman–Crippen MR) is 145 cm³/mol. The van der Waals surface area contributed by atoms with Gasteiger partial charge in [0.1, 0.15) is 6.10 Å². The van der Waals surface area contributed by atoms with Crippen LogP contribution in [0.5, 0.6) is 0 Å². The third-order valence-electron chi connectivity index (χ3n) is 10.3. The number of carbonyl (C=O) groups excluding carboxylic acids is 1. The lowest BCUT2D eigenvalue weighted by atomic mass is 9.60. The zero-order valence-electron chi connectivity index (χ0n) is 23.1. The fraction of sp³-hybridized carbons (Fsp3) is 0.719. The molecule has 0 radical (unpaired) electrons. The smallest absolute Gasteiger partial charge is 0.334 e. The zero-order chi connectivity index (χ0) is 26.4. The van der Waals surface area contributed by atoms with Gasteiger partial charge in [-0.1, -0.05) is 65.5 Å². The van der Waals surface area contributed by atoms with Gasteiger partial charge in [0, 0.05) is 17.4 Å². The minimum Gasteiger partial charge on any atom is -0.458 e. The summed E-state index contributed by atoms with van der Waals surface area (Å²) in [4.78, 5) is 12.3. The second-order valence-electron chi connectivity index (χ2n) is 13.0. The van der Waals surface area contributed by atoms with Crippen molar-refractivity contribution in [2.45, 2.75) is 104 Å². The predicted octanol–water partition coefficient (Wildman–Crippen LogP) is 6.54. The van der Waals surface area contributed by atoms with Crippen molar-refractivity contribution in [2.75, 3.05) is 0 Å². The summed E-state index contributed by atoms with van der Waals surface area (Å²) in [5, 5.41) is 20.8. The maximum Gasteiger partial charge on any atom is 0.334 e. The number of hydrogen-bond donors (Lipinski definition) is 2. The van der Waals surface area contributed by atoms with Crippen LogP contribution in [0.4, 0.5) is 0 Å². The Labute approximate surface area is 218 Å². The molecule has 9 atom stereocenters. The van der Waals surface area contributed by atoms with E-state index in [0.29, 0.717) is 35.7 Å². The van der Waals surface area contributed by atoms with E-state index in [4.69, 9.17) is 4.74 Å². The highest BCUT2D eigenvalue weighted by molar-refractivity contribution is 5.90. The molecule has 1 saturated heterocycles. The van der Waals surface area contributed by atoms with E-state index >= 15 is 0 Å². The van der Waals surface area contributed by atoms with Crippen molar-refractivity contribution in [3.63, 3.8) is 0 Å². The Balaban J connectivity index is 1.48. The number of hydrogen-bond acceptors (Lipinski definition) is 4. The maximum absolute atomic E-state index is 12.3. The summed E-state index contributed by atoms with van der Waals surface area (Å²) in [5.74, 6) is 1.95. The molecule has 36 heavy (non-hydrogen) atoms. The molecule has 200 valence electrons. The number of fused-ring (bicyclic) bond motifs is 1.